The standard InChI is InChI=1S/C10H13N3OS/c1-5-12-4-8(15-5)10(14)13-9-6-2-11-3-7(6)9/h4,6-7,9,11H,2-3H2,1H3,(H,13,14). The summed E-state index contributed by atoms with van der Waals surface area (Å²) in [5, 5.41) is 7.33. The number of hydrogen-bond donors (Lipinski definition) is 2. The second kappa shape index (κ2) is 3.28. The number of piperidine rings is 1. The van der Waals surface area contributed by atoms with E-state index in [0.29, 0.717) is 17.9 Å². The Hall–Kier alpha value is -0.940. The highest BCUT2D eigenvalue weighted by atomic mass is 32.1. The van der Waals surface area contributed by atoms with Gasteiger partial charge in [-0.05, 0) is 18.8 Å². The second-order valence-electron chi connectivity index (χ2n) is 4.23. The van der Waals surface area contributed by atoms with Crippen molar-refractivity contribution in [3.8, 4) is 0 Å². The summed E-state index contributed by atoms with van der Waals surface area (Å²) in [4.78, 5) is 16.6. The number of carbonyl (C=O) groups is 1. The molecule has 2 aliphatic rings. The largest absolute Gasteiger partial charge is 0.348 e. The van der Waals surface area contributed by atoms with E-state index in [4.69, 9.17) is 0 Å². The highest BCUT2D eigenvalue weighted by Crippen LogP contribution is 2.41. The highest BCUT2D eigenvalue weighted by Gasteiger charge is 2.53. The van der Waals surface area contributed by atoms with E-state index in [1.54, 1.807) is 6.20 Å². The molecule has 2 heterocycles. The first-order chi connectivity index (χ1) is 7.25. The van der Waals surface area contributed by atoms with Crippen molar-refractivity contribution in [2.45, 2.75) is 13.0 Å². The van der Waals surface area contributed by atoms with Crippen LogP contribution in [0.15, 0.2) is 6.20 Å². The molecule has 2 atom stereocenters. The predicted octanol–water partition coefficient (Wildman–Crippen LogP) is 0.399. The first-order valence-electron chi connectivity index (χ1n) is 5.20. The molecule has 1 aliphatic carbocycles. The molecule has 1 amide bonds. The molecule has 2 N–H and O–H groups in total. The number of amides is 1. The van der Waals surface area contributed by atoms with Crippen molar-refractivity contribution in [3.63, 3.8) is 0 Å². The molecule has 1 aromatic heterocycles. The number of aryl methyl sites for hydroxylation is 1. The van der Waals surface area contributed by atoms with E-state index in [0.717, 1.165) is 23.0 Å². The molecule has 0 aromatic carbocycles. The number of thiazole rings is 1. The molecule has 2 fully saturated rings. The Morgan fingerprint density at radius 2 is 2.33 bits per heavy atom. The molecule has 0 radical (unpaired) electrons. The van der Waals surface area contributed by atoms with Gasteiger partial charge < -0.3 is 10.6 Å². The molecule has 0 spiro atoms. The van der Waals surface area contributed by atoms with Gasteiger partial charge in [-0.3, -0.25) is 4.79 Å². The Balaban J connectivity index is 1.62. The fourth-order valence-electron chi connectivity index (χ4n) is 2.32. The zero-order valence-electron chi connectivity index (χ0n) is 8.49. The van der Waals surface area contributed by atoms with Gasteiger partial charge in [-0.25, -0.2) is 4.98 Å². The predicted molar refractivity (Wildman–Crippen MR) is 58.0 cm³/mol. The lowest BCUT2D eigenvalue weighted by atomic mass is 10.4. The van der Waals surface area contributed by atoms with Crippen LogP contribution < -0.4 is 10.6 Å². The van der Waals surface area contributed by atoms with Crippen molar-refractivity contribution in [3.05, 3.63) is 16.1 Å². The maximum atomic E-state index is 11.8. The van der Waals surface area contributed by atoms with E-state index < -0.39 is 0 Å². The minimum absolute atomic E-state index is 0.0417. The van der Waals surface area contributed by atoms with E-state index in [1.165, 1.54) is 11.3 Å². The van der Waals surface area contributed by atoms with Crippen LogP contribution in [0.5, 0.6) is 0 Å². The molecule has 0 bridgehead atoms. The second-order valence-corrected chi connectivity index (χ2v) is 5.46. The van der Waals surface area contributed by atoms with Crippen molar-refractivity contribution in [2.75, 3.05) is 13.1 Å². The normalized spacial score (nSPS) is 32.5. The van der Waals surface area contributed by atoms with Crippen LogP contribution in [0.25, 0.3) is 0 Å². The molecule has 1 saturated carbocycles. The Kier molecular flexibility index (Phi) is 2.03. The number of fused-ring (bicyclic) bond motifs is 1. The average Bonchev–Trinajstić information content (AvgIpc) is 2.66. The number of hydrogen-bond acceptors (Lipinski definition) is 4. The minimum atomic E-state index is 0.0417. The SMILES string of the molecule is Cc1ncc(C(=O)NC2C3CNCC32)s1. The molecule has 3 rings (SSSR count). The molecule has 1 aliphatic heterocycles. The summed E-state index contributed by atoms with van der Waals surface area (Å²) in [7, 11) is 0. The topological polar surface area (TPSA) is 54.0 Å². The van der Waals surface area contributed by atoms with Crippen LogP contribution in [0, 0.1) is 18.8 Å². The van der Waals surface area contributed by atoms with Gasteiger partial charge in [0, 0.05) is 19.1 Å². The lowest BCUT2D eigenvalue weighted by Crippen LogP contribution is -2.32. The highest BCUT2D eigenvalue weighted by molar-refractivity contribution is 7.13. The first kappa shape index (κ1) is 9.30. The van der Waals surface area contributed by atoms with Crippen LogP contribution in [0.4, 0.5) is 0 Å². The van der Waals surface area contributed by atoms with Crippen molar-refractivity contribution < 1.29 is 4.79 Å². The minimum Gasteiger partial charge on any atom is -0.348 e. The van der Waals surface area contributed by atoms with Crippen LogP contribution in [0.2, 0.25) is 0 Å². The average molecular weight is 223 g/mol. The Bertz CT molecular complexity index is 393. The summed E-state index contributed by atoms with van der Waals surface area (Å²) in [6.45, 7) is 4.02. The summed E-state index contributed by atoms with van der Waals surface area (Å²) < 4.78 is 0. The third-order valence-electron chi connectivity index (χ3n) is 3.23. The fourth-order valence-corrected chi connectivity index (χ4v) is 3.00. The Morgan fingerprint density at radius 3 is 2.93 bits per heavy atom. The summed E-state index contributed by atoms with van der Waals surface area (Å²) >= 11 is 1.45. The summed E-state index contributed by atoms with van der Waals surface area (Å²) in [6.07, 6.45) is 1.66. The summed E-state index contributed by atoms with van der Waals surface area (Å²) in [6, 6.07) is 0.404. The van der Waals surface area contributed by atoms with Gasteiger partial charge in [0.2, 0.25) is 0 Å². The third-order valence-corrected chi connectivity index (χ3v) is 4.15. The molecule has 2 unspecified atom stereocenters. The molecule has 5 heteroatoms. The summed E-state index contributed by atoms with van der Waals surface area (Å²) in [5.74, 6) is 1.38. The van der Waals surface area contributed by atoms with Crippen LogP contribution >= 0.6 is 11.3 Å². The maximum Gasteiger partial charge on any atom is 0.263 e. The van der Waals surface area contributed by atoms with Crippen LogP contribution in [0.3, 0.4) is 0 Å². The first-order valence-corrected chi connectivity index (χ1v) is 6.01. The van der Waals surface area contributed by atoms with E-state index in [9.17, 15) is 4.79 Å². The van der Waals surface area contributed by atoms with E-state index in [-0.39, 0.29) is 5.91 Å². The van der Waals surface area contributed by atoms with Crippen molar-refractivity contribution >= 4 is 17.2 Å². The van der Waals surface area contributed by atoms with Gasteiger partial charge >= 0.3 is 0 Å². The zero-order valence-corrected chi connectivity index (χ0v) is 9.30. The monoisotopic (exact) mass is 223 g/mol. The lowest BCUT2D eigenvalue weighted by Gasteiger charge is -2.05. The number of aromatic nitrogens is 1. The van der Waals surface area contributed by atoms with E-state index in [1.807, 2.05) is 6.92 Å². The van der Waals surface area contributed by atoms with Crippen molar-refractivity contribution in [2.24, 2.45) is 11.8 Å². The number of nitrogens with zero attached hydrogens (tertiary/aromatic N) is 1. The molecule has 1 saturated heterocycles. The smallest absolute Gasteiger partial charge is 0.263 e. The van der Waals surface area contributed by atoms with Gasteiger partial charge in [0.15, 0.2) is 0 Å². The lowest BCUT2D eigenvalue weighted by molar-refractivity contribution is 0.0950. The van der Waals surface area contributed by atoms with Gasteiger partial charge in [-0.2, -0.15) is 0 Å². The quantitative estimate of drug-likeness (QED) is 0.763. The van der Waals surface area contributed by atoms with Gasteiger partial charge in [-0.1, -0.05) is 0 Å². The van der Waals surface area contributed by atoms with Gasteiger partial charge in [0.25, 0.3) is 5.91 Å². The number of nitrogens with one attached hydrogen (secondary N) is 2. The molecule has 4 nitrogen and oxygen atoms in total. The van der Waals surface area contributed by atoms with Crippen molar-refractivity contribution in [1.82, 2.24) is 15.6 Å². The zero-order chi connectivity index (χ0) is 10.4. The number of carbonyl (C=O) groups excluding carboxylic acids is 1. The maximum absolute atomic E-state index is 11.8. The van der Waals surface area contributed by atoms with E-state index in [2.05, 4.69) is 15.6 Å². The third kappa shape index (κ3) is 1.55. The summed E-state index contributed by atoms with van der Waals surface area (Å²) in [5.41, 5.74) is 0. The fraction of sp³-hybridized carbons (Fsp3) is 0.600. The molecule has 80 valence electrons. The van der Waals surface area contributed by atoms with Crippen LogP contribution in [-0.2, 0) is 0 Å². The molecular formula is C10H13N3OS. The molecule has 1 aromatic rings. The van der Waals surface area contributed by atoms with Crippen LogP contribution in [-0.4, -0.2) is 30.0 Å². The molecular weight excluding hydrogens is 210 g/mol. The Morgan fingerprint density at radius 1 is 1.60 bits per heavy atom. The van der Waals surface area contributed by atoms with Gasteiger partial charge in [0.1, 0.15) is 4.88 Å². The molecule has 15 heavy (non-hydrogen) atoms. The number of rotatable bonds is 2. The Labute approximate surface area is 92.1 Å². The van der Waals surface area contributed by atoms with Gasteiger partial charge in [0.05, 0.1) is 11.2 Å². The van der Waals surface area contributed by atoms with Crippen molar-refractivity contribution in [1.29, 1.82) is 0 Å². The van der Waals surface area contributed by atoms with E-state index >= 15 is 0 Å². The van der Waals surface area contributed by atoms with Gasteiger partial charge in [-0.15, -0.1) is 11.3 Å². The van der Waals surface area contributed by atoms with Crippen LogP contribution in [0.1, 0.15) is 14.7 Å².